The van der Waals surface area contributed by atoms with Gasteiger partial charge in [-0.15, -0.1) is 5.10 Å². The molecule has 0 saturated carbocycles. The van der Waals surface area contributed by atoms with E-state index in [2.05, 4.69) is 38.2 Å². The van der Waals surface area contributed by atoms with Gasteiger partial charge in [0.1, 0.15) is 17.3 Å². The number of nitrogens with zero attached hydrogens (tertiary/aromatic N) is 4. The molecule has 5 aromatic rings. The van der Waals surface area contributed by atoms with Gasteiger partial charge in [0.05, 0.1) is 16.6 Å². The van der Waals surface area contributed by atoms with E-state index >= 15 is 0 Å². The van der Waals surface area contributed by atoms with E-state index < -0.39 is 0 Å². The average molecular weight is 465 g/mol. The van der Waals surface area contributed by atoms with Crippen LogP contribution in [-0.2, 0) is 12.1 Å². The summed E-state index contributed by atoms with van der Waals surface area (Å²) < 4.78 is 7.87. The van der Waals surface area contributed by atoms with Crippen LogP contribution in [0.4, 0.5) is 11.8 Å². The van der Waals surface area contributed by atoms with Crippen LogP contribution in [-0.4, -0.2) is 19.7 Å². The van der Waals surface area contributed by atoms with Gasteiger partial charge in [-0.05, 0) is 50.6 Å². The van der Waals surface area contributed by atoms with Crippen LogP contribution >= 0.6 is 0 Å². The second-order valence-corrected chi connectivity index (χ2v) is 9.34. The lowest BCUT2D eigenvalue weighted by Gasteiger charge is -2.20. The first kappa shape index (κ1) is 22.4. The fourth-order valence-electron chi connectivity index (χ4n) is 3.92. The molecule has 0 radical (unpaired) electrons. The molecule has 2 aromatic heterocycles. The molecular weight excluding hydrogens is 436 g/mol. The van der Waals surface area contributed by atoms with Gasteiger partial charge in [-0.25, -0.2) is 9.67 Å². The van der Waals surface area contributed by atoms with Crippen molar-refractivity contribution < 1.29 is 4.74 Å². The monoisotopic (exact) mass is 464 g/mol. The molecule has 0 aliphatic carbocycles. The molecule has 3 aromatic carbocycles. The minimum Gasteiger partial charge on any atom is -0.457 e. The van der Waals surface area contributed by atoms with Gasteiger partial charge in [0.15, 0.2) is 5.65 Å². The zero-order chi connectivity index (χ0) is 24.4. The van der Waals surface area contributed by atoms with E-state index in [1.807, 2.05) is 72.8 Å². The van der Waals surface area contributed by atoms with E-state index in [1.54, 1.807) is 4.68 Å². The van der Waals surface area contributed by atoms with Crippen molar-refractivity contribution in [2.24, 2.45) is 0 Å². The van der Waals surface area contributed by atoms with Gasteiger partial charge in [0, 0.05) is 12.1 Å². The molecule has 0 unspecified atom stereocenters. The van der Waals surface area contributed by atoms with E-state index in [0.29, 0.717) is 35.4 Å². The van der Waals surface area contributed by atoms with Gasteiger partial charge in [-0.3, -0.25) is 0 Å². The molecule has 5 rings (SSSR count). The Morgan fingerprint density at radius 2 is 1.54 bits per heavy atom. The number of nitrogens with one attached hydrogen (secondary N) is 1. The lowest BCUT2D eigenvalue weighted by molar-refractivity contribution is 0.364. The highest BCUT2D eigenvalue weighted by Gasteiger charge is 2.24. The third-order valence-electron chi connectivity index (χ3n) is 5.58. The van der Waals surface area contributed by atoms with E-state index in [-0.39, 0.29) is 5.54 Å². The number of anilines is 2. The third-order valence-corrected chi connectivity index (χ3v) is 5.58. The fraction of sp³-hybridized carbons (Fsp3) is 0.179. The topological polar surface area (TPSA) is 90.9 Å². The van der Waals surface area contributed by atoms with Crippen LogP contribution in [0, 0.1) is 0 Å². The van der Waals surface area contributed by atoms with E-state index in [9.17, 15) is 0 Å². The Hall–Kier alpha value is -4.39. The van der Waals surface area contributed by atoms with Crippen LogP contribution in [0.5, 0.6) is 11.5 Å². The summed E-state index contributed by atoms with van der Waals surface area (Å²) >= 11 is 0. The summed E-state index contributed by atoms with van der Waals surface area (Å²) in [6.45, 7) is 6.78. The van der Waals surface area contributed by atoms with E-state index in [1.165, 1.54) is 0 Å². The highest BCUT2D eigenvalue weighted by molar-refractivity contribution is 5.99. The van der Waals surface area contributed by atoms with Crippen LogP contribution in [0.1, 0.15) is 26.3 Å². The number of hydrogen-bond donors (Lipinski definition) is 2. The molecule has 2 heterocycles. The third kappa shape index (κ3) is 4.80. The normalized spacial score (nSPS) is 11.5. The first-order valence-electron chi connectivity index (χ1n) is 11.6. The number of ether oxygens (including phenoxy) is 1. The first-order valence-corrected chi connectivity index (χ1v) is 11.6. The summed E-state index contributed by atoms with van der Waals surface area (Å²) in [5.41, 5.74) is 9.56. The lowest BCUT2D eigenvalue weighted by Crippen LogP contribution is -2.24. The standard InChI is InChI=1S/C28H28N6O/c1-28(2,3)34-25(29)23-24(20-13-10-16-22(17-20)35-21-14-8-5-9-15-21)31-27(32-26(23)33-34)30-18-19-11-6-4-7-12-19/h4-17H,18,29H2,1-3H3,(H,30,32,33). The maximum absolute atomic E-state index is 6.61. The second-order valence-electron chi connectivity index (χ2n) is 9.34. The Morgan fingerprint density at radius 1 is 0.857 bits per heavy atom. The van der Waals surface area contributed by atoms with Crippen molar-refractivity contribution in [2.75, 3.05) is 11.1 Å². The molecule has 35 heavy (non-hydrogen) atoms. The minimum atomic E-state index is -0.308. The van der Waals surface area contributed by atoms with Gasteiger partial charge in [0.2, 0.25) is 5.95 Å². The van der Waals surface area contributed by atoms with Crippen LogP contribution in [0.25, 0.3) is 22.3 Å². The van der Waals surface area contributed by atoms with Crippen LogP contribution in [0.3, 0.4) is 0 Å². The van der Waals surface area contributed by atoms with Gasteiger partial charge in [-0.2, -0.15) is 4.98 Å². The molecular formula is C28H28N6O. The molecule has 0 aliphatic rings. The van der Waals surface area contributed by atoms with Crippen molar-refractivity contribution in [1.29, 1.82) is 0 Å². The highest BCUT2D eigenvalue weighted by Crippen LogP contribution is 2.35. The quantitative estimate of drug-likeness (QED) is 0.309. The van der Waals surface area contributed by atoms with Crippen molar-refractivity contribution in [3.63, 3.8) is 0 Å². The van der Waals surface area contributed by atoms with Crippen molar-refractivity contribution in [3.8, 4) is 22.8 Å². The van der Waals surface area contributed by atoms with Gasteiger partial charge in [-0.1, -0.05) is 60.7 Å². The van der Waals surface area contributed by atoms with Gasteiger partial charge < -0.3 is 15.8 Å². The zero-order valence-corrected chi connectivity index (χ0v) is 20.1. The molecule has 0 atom stereocenters. The smallest absolute Gasteiger partial charge is 0.225 e. The van der Waals surface area contributed by atoms with Crippen molar-refractivity contribution in [3.05, 3.63) is 90.5 Å². The highest BCUT2D eigenvalue weighted by atomic mass is 16.5. The van der Waals surface area contributed by atoms with Crippen LogP contribution in [0.15, 0.2) is 84.9 Å². The summed E-state index contributed by atoms with van der Waals surface area (Å²) in [4.78, 5) is 9.58. The number of aromatic nitrogens is 4. The molecule has 0 aliphatic heterocycles. The molecule has 0 spiro atoms. The summed E-state index contributed by atoms with van der Waals surface area (Å²) in [6.07, 6.45) is 0. The van der Waals surface area contributed by atoms with Crippen molar-refractivity contribution in [2.45, 2.75) is 32.9 Å². The second kappa shape index (κ2) is 9.10. The maximum Gasteiger partial charge on any atom is 0.225 e. The van der Waals surface area contributed by atoms with Gasteiger partial charge >= 0.3 is 0 Å². The zero-order valence-electron chi connectivity index (χ0n) is 20.1. The Morgan fingerprint density at radius 3 is 2.26 bits per heavy atom. The predicted octanol–water partition coefficient (Wildman–Crippen LogP) is 6.23. The molecule has 176 valence electrons. The largest absolute Gasteiger partial charge is 0.457 e. The SMILES string of the molecule is CC(C)(C)n1nc2nc(NCc3ccccc3)nc(-c3cccc(Oc4ccccc4)c3)c2c1N. The number of fused-ring (bicyclic) bond motifs is 1. The Bertz CT molecular complexity index is 1460. The molecule has 0 fully saturated rings. The molecule has 7 heteroatoms. The van der Waals surface area contributed by atoms with Crippen LogP contribution in [0.2, 0.25) is 0 Å². The minimum absolute atomic E-state index is 0.308. The molecule has 7 nitrogen and oxygen atoms in total. The number of nitrogen functional groups attached to an aromatic ring is 1. The fourth-order valence-corrected chi connectivity index (χ4v) is 3.92. The van der Waals surface area contributed by atoms with E-state index in [4.69, 9.17) is 25.5 Å². The summed E-state index contributed by atoms with van der Waals surface area (Å²) in [6, 6.07) is 27.7. The summed E-state index contributed by atoms with van der Waals surface area (Å²) in [5.74, 6) is 2.50. The summed E-state index contributed by atoms with van der Waals surface area (Å²) in [5, 5.41) is 8.81. The first-order chi connectivity index (χ1) is 16.9. The molecule has 0 amide bonds. The Balaban J connectivity index is 1.59. The van der Waals surface area contributed by atoms with Crippen LogP contribution < -0.4 is 15.8 Å². The maximum atomic E-state index is 6.61. The number of hydrogen-bond acceptors (Lipinski definition) is 6. The molecule has 0 bridgehead atoms. The number of rotatable bonds is 6. The van der Waals surface area contributed by atoms with Gasteiger partial charge in [0.25, 0.3) is 0 Å². The Kier molecular flexibility index (Phi) is 5.82. The summed E-state index contributed by atoms with van der Waals surface area (Å²) in [7, 11) is 0. The van der Waals surface area contributed by atoms with Crippen molar-refractivity contribution >= 4 is 22.8 Å². The van der Waals surface area contributed by atoms with Crippen molar-refractivity contribution in [1.82, 2.24) is 19.7 Å². The number of para-hydroxylation sites is 1. The molecule has 0 saturated heterocycles. The Labute approximate surface area is 204 Å². The predicted molar refractivity (Wildman–Crippen MR) is 140 cm³/mol. The molecule has 3 N–H and O–H groups in total. The van der Waals surface area contributed by atoms with E-state index in [0.717, 1.165) is 22.3 Å². The average Bonchev–Trinajstić information content (AvgIpc) is 3.21. The number of nitrogens with two attached hydrogens (primary N) is 1. The number of benzene rings is 3. The lowest BCUT2D eigenvalue weighted by atomic mass is 10.1.